The largest absolute Gasteiger partial charge is 0.494 e. The van der Waals surface area contributed by atoms with E-state index >= 15 is 0 Å². The van der Waals surface area contributed by atoms with Crippen LogP contribution in [-0.4, -0.2) is 47.0 Å². The summed E-state index contributed by atoms with van der Waals surface area (Å²) < 4.78 is 26.8. The van der Waals surface area contributed by atoms with Crippen LogP contribution in [0.25, 0.3) is 11.0 Å². The van der Waals surface area contributed by atoms with Crippen LogP contribution >= 0.6 is 0 Å². The number of hydrogen-bond acceptors (Lipinski definition) is 5. The lowest BCUT2D eigenvalue weighted by Gasteiger charge is -2.34. The Labute approximate surface area is 215 Å². The molecule has 2 heterocycles. The molecule has 5 rings (SSSR count). The van der Waals surface area contributed by atoms with E-state index in [-0.39, 0.29) is 17.8 Å². The molecule has 2 aliphatic rings. The predicted molar refractivity (Wildman–Crippen MR) is 137 cm³/mol. The van der Waals surface area contributed by atoms with Gasteiger partial charge in [-0.3, -0.25) is 9.69 Å². The Balaban J connectivity index is 1.64. The highest BCUT2D eigenvalue weighted by Crippen LogP contribution is 2.41. The van der Waals surface area contributed by atoms with Crippen molar-refractivity contribution >= 4 is 28.8 Å². The number of halogens is 1. The van der Waals surface area contributed by atoms with E-state index in [2.05, 4.69) is 4.57 Å². The number of benzene rings is 2. The number of nitrogens with zero attached hydrogens (tertiary/aromatic N) is 3. The fourth-order valence-electron chi connectivity index (χ4n) is 5.98. The van der Waals surface area contributed by atoms with Crippen molar-refractivity contribution in [3.05, 3.63) is 53.1 Å². The first-order chi connectivity index (χ1) is 17.8. The molecule has 9 heteroatoms. The van der Waals surface area contributed by atoms with E-state index in [0.717, 1.165) is 59.4 Å². The molecule has 1 aromatic heterocycles. The Bertz CT molecular complexity index is 1350. The minimum absolute atomic E-state index is 0.00380. The number of aromatic nitrogens is 2. The number of fused-ring (bicyclic) bond motifs is 3. The molecule has 1 amide bonds. The maximum Gasteiger partial charge on any atom is 0.414 e. The van der Waals surface area contributed by atoms with Crippen LogP contribution in [0.1, 0.15) is 62.0 Å². The fraction of sp³-hybridized carbons (Fsp3) is 0.464. The van der Waals surface area contributed by atoms with Gasteiger partial charge in [-0.1, -0.05) is 12.5 Å². The number of carbonyl (C=O) groups excluding carboxylic acids is 1. The SMILES string of the molecule is COC(=O)N1c2ccc3c(nc(Cc4ccc(OC)c(F)c4)n3[C@@H]3CCC[C@@H](C(=O)O)C3)c2CC[C@@H]1C. The number of rotatable bonds is 5. The van der Waals surface area contributed by atoms with Crippen molar-refractivity contribution in [2.24, 2.45) is 5.92 Å². The molecule has 0 saturated heterocycles. The Morgan fingerprint density at radius 2 is 1.97 bits per heavy atom. The summed E-state index contributed by atoms with van der Waals surface area (Å²) >= 11 is 0. The summed E-state index contributed by atoms with van der Waals surface area (Å²) in [7, 11) is 2.81. The molecule has 196 valence electrons. The molecular weight excluding hydrogens is 477 g/mol. The Morgan fingerprint density at radius 1 is 1.16 bits per heavy atom. The van der Waals surface area contributed by atoms with Gasteiger partial charge >= 0.3 is 12.1 Å². The first kappa shape index (κ1) is 25.0. The summed E-state index contributed by atoms with van der Waals surface area (Å²) in [5, 5.41) is 9.71. The van der Waals surface area contributed by atoms with Crippen LogP contribution in [0.2, 0.25) is 0 Å². The van der Waals surface area contributed by atoms with Crippen LogP contribution < -0.4 is 9.64 Å². The minimum atomic E-state index is -0.770. The van der Waals surface area contributed by atoms with Gasteiger partial charge in [0.1, 0.15) is 5.82 Å². The van der Waals surface area contributed by atoms with Gasteiger partial charge in [-0.15, -0.1) is 0 Å². The first-order valence-corrected chi connectivity index (χ1v) is 12.8. The Hall–Kier alpha value is -3.62. The molecule has 1 aliphatic carbocycles. The maximum atomic E-state index is 14.5. The highest BCUT2D eigenvalue weighted by Gasteiger charge is 2.34. The molecule has 2 aromatic carbocycles. The molecule has 8 nitrogen and oxygen atoms in total. The highest BCUT2D eigenvalue weighted by molar-refractivity contribution is 5.95. The lowest BCUT2D eigenvalue weighted by atomic mass is 9.85. The zero-order valence-electron chi connectivity index (χ0n) is 21.4. The number of aryl methyl sites for hydroxylation is 1. The third-order valence-corrected chi connectivity index (χ3v) is 7.84. The molecule has 1 aliphatic heterocycles. The maximum absolute atomic E-state index is 14.5. The van der Waals surface area contributed by atoms with Gasteiger partial charge in [-0.2, -0.15) is 0 Å². The number of imidazole rings is 1. The van der Waals surface area contributed by atoms with Crippen molar-refractivity contribution < 1.29 is 28.6 Å². The fourth-order valence-corrected chi connectivity index (χ4v) is 5.98. The zero-order chi connectivity index (χ0) is 26.3. The third kappa shape index (κ3) is 4.51. The minimum Gasteiger partial charge on any atom is -0.494 e. The van der Waals surface area contributed by atoms with Crippen molar-refractivity contribution in [1.82, 2.24) is 9.55 Å². The first-order valence-electron chi connectivity index (χ1n) is 12.8. The van der Waals surface area contributed by atoms with Crippen LogP contribution in [0.15, 0.2) is 30.3 Å². The molecule has 0 bridgehead atoms. The number of amides is 1. The molecule has 0 radical (unpaired) electrons. The number of carboxylic acids is 1. The van der Waals surface area contributed by atoms with Crippen LogP contribution in [-0.2, 0) is 22.4 Å². The van der Waals surface area contributed by atoms with Gasteiger partial charge in [0.05, 0.1) is 36.9 Å². The topological polar surface area (TPSA) is 93.9 Å². The van der Waals surface area contributed by atoms with Gasteiger partial charge in [0.15, 0.2) is 11.6 Å². The summed E-state index contributed by atoms with van der Waals surface area (Å²) in [6, 6.07) is 8.76. The molecule has 1 N–H and O–H groups in total. The van der Waals surface area contributed by atoms with Gasteiger partial charge in [0, 0.05) is 24.1 Å². The van der Waals surface area contributed by atoms with E-state index in [4.69, 9.17) is 14.5 Å². The third-order valence-electron chi connectivity index (χ3n) is 7.84. The lowest BCUT2D eigenvalue weighted by Crippen LogP contribution is -2.42. The molecule has 3 atom stereocenters. The summed E-state index contributed by atoms with van der Waals surface area (Å²) in [5.74, 6) is -0.678. The quantitative estimate of drug-likeness (QED) is 0.488. The van der Waals surface area contributed by atoms with Gasteiger partial charge in [0.25, 0.3) is 0 Å². The number of anilines is 1. The highest BCUT2D eigenvalue weighted by atomic mass is 19.1. The smallest absolute Gasteiger partial charge is 0.414 e. The second-order valence-corrected chi connectivity index (χ2v) is 10.1. The summed E-state index contributed by atoms with van der Waals surface area (Å²) in [6.45, 7) is 2.00. The average Bonchev–Trinajstić information content (AvgIpc) is 3.26. The molecule has 3 aromatic rings. The lowest BCUT2D eigenvalue weighted by molar-refractivity contribution is -0.143. The standard InChI is InChI=1S/C28H32FN3O5/c1-16-7-9-20-22(31(16)28(35)37-3)10-11-23-26(20)30-25(14-17-8-12-24(36-2)21(29)13-17)32(23)19-6-4-5-18(15-19)27(33)34/h8,10-13,16,18-19H,4-7,9,14-15H2,1-3H3,(H,33,34)/t16-,18+,19+/m0/s1. The normalized spacial score (nSPS) is 21.5. The molecule has 0 unspecified atom stereocenters. The Kier molecular flexibility index (Phi) is 6.79. The molecular formula is C28H32FN3O5. The van der Waals surface area contributed by atoms with E-state index < -0.39 is 23.8 Å². The van der Waals surface area contributed by atoms with Gasteiger partial charge in [-0.25, -0.2) is 14.2 Å². The van der Waals surface area contributed by atoms with Crippen LogP contribution in [0.4, 0.5) is 14.9 Å². The summed E-state index contributed by atoms with van der Waals surface area (Å²) in [5.41, 5.74) is 4.24. The average molecular weight is 510 g/mol. The second-order valence-electron chi connectivity index (χ2n) is 10.1. The monoisotopic (exact) mass is 509 g/mol. The van der Waals surface area contributed by atoms with E-state index in [0.29, 0.717) is 19.3 Å². The van der Waals surface area contributed by atoms with E-state index in [1.54, 1.807) is 11.0 Å². The second kappa shape index (κ2) is 10.0. The van der Waals surface area contributed by atoms with Crippen LogP contribution in [0.5, 0.6) is 5.75 Å². The summed E-state index contributed by atoms with van der Waals surface area (Å²) in [6.07, 6.45) is 4.37. The molecule has 1 saturated carbocycles. The number of hydrogen-bond donors (Lipinski definition) is 1. The molecule has 37 heavy (non-hydrogen) atoms. The van der Waals surface area contributed by atoms with Crippen molar-refractivity contribution in [1.29, 1.82) is 0 Å². The number of carbonyl (C=O) groups is 2. The number of carboxylic acid groups (broad SMARTS) is 1. The van der Waals surface area contributed by atoms with Gasteiger partial charge in [0.2, 0.25) is 0 Å². The van der Waals surface area contributed by atoms with Crippen molar-refractivity contribution in [2.75, 3.05) is 19.1 Å². The number of ether oxygens (including phenoxy) is 2. The van der Waals surface area contributed by atoms with Crippen molar-refractivity contribution in [3.63, 3.8) is 0 Å². The van der Waals surface area contributed by atoms with E-state index in [1.165, 1.54) is 20.3 Å². The van der Waals surface area contributed by atoms with E-state index in [1.807, 2.05) is 25.1 Å². The van der Waals surface area contributed by atoms with Gasteiger partial charge in [-0.05, 0) is 68.9 Å². The number of aliphatic carboxylic acids is 1. The zero-order valence-corrected chi connectivity index (χ0v) is 21.4. The van der Waals surface area contributed by atoms with Crippen LogP contribution in [0, 0.1) is 11.7 Å². The van der Waals surface area contributed by atoms with Gasteiger partial charge < -0.3 is 19.1 Å². The Morgan fingerprint density at radius 3 is 2.68 bits per heavy atom. The summed E-state index contributed by atoms with van der Waals surface area (Å²) in [4.78, 5) is 31.2. The number of methoxy groups -OCH3 is 2. The predicted octanol–water partition coefficient (Wildman–Crippen LogP) is 5.50. The molecule has 0 spiro atoms. The van der Waals surface area contributed by atoms with E-state index in [9.17, 15) is 19.1 Å². The van der Waals surface area contributed by atoms with Crippen molar-refractivity contribution in [3.8, 4) is 5.75 Å². The van der Waals surface area contributed by atoms with Crippen molar-refractivity contribution in [2.45, 2.75) is 64.0 Å². The molecule has 1 fully saturated rings. The van der Waals surface area contributed by atoms with Crippen LogP contribution in [0.3, 0.4) is 0 Å².